The molecule has 2 aromatic rings. The molecule has 1 heterocycles. The lowest BCUT2D eigenvalue weighted by molar-refractivity contribution is 0.0509. The van der Waals surface area contributed by atoms with Gasteiger partial charge in [-0.05, 0) is 69.5 Å². The topological polar surface area (TPSA) is 141 Å². The van der Waals surface area contributed by atoms with Crippen LogP contribution in [0.5, 0.6) is 0 Å². The zero-order chi connectivity index (χ0) is 20.0. The number of fused-ring (bicyclic) bond motifs is 1. The van der Waals surface area contributed by atoms with Crippen molar-refractivity contribution in [2.75, 3.05) is 13.2 Å². The van der Waals surface area contributed by atoms with Crippen LogP contribution in [0.3, 0.4) is 0 Å². The second-order valence-electron chi connectivity index (χ2n) is 7.05. The molecular formula is C19H29N3O6. The summed E-state index contributed by atoms with van der Waals surface area (Å²) in [5.74, 6) is -0.454. The molecule has 0 atom stereocenters. The van der Waals surface area contributed by atoms with Crippen molar-refractivity contribution in [1.82, 2.24) is 10.3 Å². The summed E-state index contributed by atoms with van der Waals surface area (Å²) in [7, 11) is 0. The van der Waals surface area contributed by atoms with Gasteiger partial charge in [0.05, 0.1) is 6.61 Å². The number of rotatable bonds is 7. The lowest BCUT2D eigenvalue weighted by atomic mass is 10.0. The van der Waals surface area contributed by atoms with Crippen LogP contribution in [0.2, 0.25) is 0 Å². The van der Waals surface area contributed by atoms with Gasteiger partial charge in [-0.2, -0.15) is 0 Å². The monoisotopic (exact) mass is 395 g/mol. The molecule has 156 valence electrons. The normalized spacial score (nSPS) is 10.9. The van der Waals surface area contributed by atoms with Gasteiger partial charge in [-0.3, -0.25) is 0 Å². The summed E-state index contributed by atoms with van der Waals surface area (Å²) < 4.78 is 10.3. The Balaban J connectivity index is 0.00000392. The minimum atomic E-state index is -0.559. The fourth-order valence-electron chi connectivity index (χ4n) is 2.70. The van der Waals surface area contributed by atoms with Crippen LogP contribution in [0.4, 0.5) is 10.5 Å². The predicted molar refractivity (Wildman–Crippen MR) is 108 cm³/mol. The second-order valence-corrected chi connectivity index (χ2v) is 7.05. The first-order valence-corrected chi connectivity index (χ1v) is 8.87. The third-order valence-corrected chi connectivity index (χ3v) is 3.75. The fraction of sp³-hybridized carbons (Fsp3) is 0.474. The number of aryl methyl sites for hydroxylation is 1. The first-order valence-electron chi connectivity index (χ1n) is 8.87. The van der Waals surface area contributed by atoms with Crippen LogP contribution in [-0.2, 0) is 15.9 Å². The maximum atomic E-state index is 12.3. The number of aromatic amines is 1. The number of esters is 1. The van der Waals surface area contributed by atoms with E-state index in [1.807, 2.05) is 0 Å². The van der Waals surface area contributed by atoms with Crippen LogP contribution in [0.15, 0.2) is 23.4 Å². The minimum absolute atomic E-state index is 0. The number of carbonyl (C=O) groups is 2. The number of aromatic nitrogens is 1. The number of nitroso groups, excluding NO2 is 1. The quantitative estimate of drug-likeness (QED) is 0.418. The first-order chi connectivity index (χ1) is 12.7. The molecule has 4 N–H and O–H groups in total. The van der Waals surface area contributed by atoms with E-state index < -0.39 is 17.7 Å². The Morgan fingerprint density at radius 1 is 1.29 bits per heavy atom. The highest BCUT2D eigenvalue weighted by molar-refractivity contribution is 5.99. The van der Waals surface area contributed by atoms with Crippen LogP contribution in [0.1, 0.15) is 51.6 Å². The number of nitrogens with one attached hydrogen (secondary N) is 2. The van der Waals surface area contributed by atoms with E-state index in [0.717, 1.165) is 16.5 Å². The molecule has 1 aromatic heterocycles. The first kappa shape index (κ1) is 23.1. The summed E-state index contributed by atoms with van der Waals surface area (Å²) in [6.45, 7) is 7.76. The highest BCUT2D eigenvalue weighted by Gasteiger charge is 2.20. The molecule has 2 rings (SSSR count). The van der Waals surface area contributed by atoms with Crippen molar-refractivity contribution in [3.8, 4) is 0 Å². The smallest absolute Gasteiger partial charge is 0.407 e. The van der Waals surface area contributed by atoms with Gasteiger partial charge in [-0.15, -0.1) is 4.91 Å². The van der Waals surface area contributed by atoms with Gasteiger partial charge in [-0.1, -0.05) is 0 Å². The number of benzene rings is 1. The standard InChI is InChI=1S/C19H25N3O5.H2O.H2/c1-5-26-17(23)16-13(7-6-10-20-18(24)27-19(2,3)4)14-11-12(22-25)8-9-15(14)21-16;;/h8-9,11,21H,5-7,10H2,1-4H3,(H,20,24);1H2;1H. The molecule has 9 heteroatoms. The zero-order valence-corrected chi connectivity index (χ0v) is 16.5. The Morgan fingerprint density at radius 2 is 2.00 bits per heavy atom. The largest absolute Gasteiger partial charge is 0.461 e. The van der Waals surface area contributed by atoms with Gasteiger partial charge >= 0.3 is 12.1 Å². The van der Waals surface area contributed by atoms with Crippen LogP contribution in [-0.4, -0.2) is 41.3 Å². The number of alkyl carbamates (subject to hydrolysis) is 1. The number of amides is 1. The van der Waals surface area contributed by atoms with Gasteiger partial charge < -0.3 is 25.3 Å². The van der Waals surface area contributed by atoms with E-state index in [-0.39, 0.29) is 19.2 Å². The van der Waals surface area contributed by atoms with Crippen molar-refractivity contribution >= 4 is 28.7 Å². The number of ether oxygens (including phenoxy) is 2. The summed E-state index contributed by atoms with van der Waals surface area (Å²) in [6.07, 6.45) is 0.600. The van der Waals surface area contributed by atoms with Gasteiger partial charge in [0.25, 0.3) is 0 Å². The molecule has 0 bridgehead atoms. The Labute approximate surface area is 164 Å². The lowest BCUT2D eigenvalue weighted by Crippen LogP contribution is -2.33. The molecular weight excluding hydrogens is 366 g/mol. The number of hydrogen-bond acceptors (Lipinski definition) is 6. The van der Waals surface area contributed by atoms with Crippen LogP contribution in [0, 0.1) is 4.91 Å². The second kappa shape index (κ2) is 9.84. The van der Waals surface area contributed by atoms with E-state index in [4.69, 9.17) is 9.47 Å². The molecule has 1 amide bonds. The van der Waals surface area contributed by atoms with Crippen molar-refractivity contribution < 1.29 is 26.0 Å². The summed E-state index contributed by atoms with van der Waals surface area (Å²) in [5.41, 5.74) is 1.54. The number of carbonyl (C=O) groups excluding carboxylic acids is 2. The van der Waals surface area contributed by atoms with Gasteiger partial charge in [0, 0.05) is 18.9 Å². The Bertz CT molecular complexity index is 844. The maximum absolute atomic E-state index is 12.3. The van der Waals surface area contributed by atoms with Crippen molar-refractivity contribution in [1.29, 1.82) is 0 Å². The average Bonchev–Trinajstić information content (AvgIpc) is 2.95. The highest BCUT2D eigenvalue weighted by atomic mass is 16.6. The third kappa shape index (κ3) is 6.05. The molecule has 1 aromatic carbocycles. The number of H-pyrrole nitrogens is 1. The third-order valence-electron chi connectivity index (χ3n) is 3.75. The molecule has 0 saturated heterocycles. The van der Waals surface area contributed by atoms with Crippen LogP contribution < -0.4 is 5.32 Å². The van der Waals surface area contributed by atoms with Crippen molar-refractivity contribution in [2.24, 2.45) is 5.18 Å². The van der Waals surface area contributed by atoms with E-state index >= 15 is 0 Å². The van der Waals surface area contributed by atoms with E-state index in [9.17, 15) is 14.5 Å². The molecule has 0 fully saturated rings. The molecule has 0 radical (unpaired) electrons. The van der Waals surface area contributed by atoms with Crippen LogP contribution in [0.25, 0.3) is 10.9 Å². The Hall–Kier alpha value is -2.94. The summed E-state index contributed by atoms with van der Waals surface area (Å²) in [5, 5.41) is 6.39. The lowest BCUT2D eigenvalue weighted by Gasteiger charge is -2.19. The van der Waals surface area contributed by atoms with E-state index in [1.165, 1.54) is 0 Å². The van der Waals surface area contributed by atoms with Gasteiger partial charge in [0.2, 0.25) is 0 Å². The molecule has 0 spiro atoms. The summed E-state index contributed by atoms with van der Waals surface area (Å²) >= 11 is 0. The predicted octanol–water partition coefficient (Wildman–Crippen LogP) is 3.62. The van der Waals surface area contributed by atoms with Gasteiger partial charge in [0.15, 0.2) is 0 Å². The Kier molecular flexibility index (Phi) is 8.12. The number of hydrogen-bond donors (Lipinski definition) is 2. The summed E-state index contributed by atoms with van der Waals surface area (Å²) in [6, 6.07) is 4.92. The van der Waals surface area contributed by atoms with Gasteiger partial charge in [0.1, 0.15) is 17.0 Å². The zero-order valence-electron chi connectivity index (χ0n) is 16.5. The fourth-order valence-corrected chi connectivity index (χ4v) is 2.70. The van der Waals surface area contributed by atoms with Crippen molar-refractivity contribution in [3.05, 3.63) is 34.4 Å². The molecule has 0 aliphatic carbocycles. The maximum Gasteiger partial charge on any atom is 0.407 e. The van der Waals surface area contributed by atoms with E-state index in [1.54, 1.807) is 45.9 Å². The molecule has 0 aliphatic rings. The Morgan fingerprint density at radius 3 is 2.61 bits per heavy atom. The average molecular weight is 395 g/mol. The van der Waals surface area contributed by atoms with Crippen LogP contribution >= 0.6 is 0 Å². The molecule has 9 nitrogen and oxygen atoms in total. The van der Waals surface area contributed by atoms with E-state index in [0.29, 0.717) is 25.1 Å². The molecule has 0 unspecified atom stereocenters. The molecule has 0 aliphatic heterocycles. The molecule has 0 saturated carbocycles. The SMILES string of the molecule is CCOC(=O)c1[nH]c2ccc(N=O)cc2c1CCCNC(=O)OC(C)(C)C.O.[HH]. The van der Waals surface area contributed by atoms with Crippen molar-refractivity contribution in [3.63, 3.8) is 0 Å². The van der Waals surface area contributed by atoms with E-state index in [2.05, 4.69) is 15.5 Å². The van der Waals surface area contributed by atoms with Gasteiger partial charge in [-0.25, -0.2) is 9.59 Å². The molecule has 28 heavy (non-hydrogen) atoms. The highest BCUT2D eigenvalue weighted by Crippen LogP contribution is 2.28. The number of nitrogens with zero attached hydrogens (tertiary/aromatic N) is 1. The minimum Gasteiger partial charge on any atom is -0.461 e. The summed E-state index contributed by atoms with van der Waals surface area (Å²) in [4.78, 5) is 37.9. The van der Waals surface area contributed by atoms with Crippen molar-refractivity contribution in [2.45, 2.75) is 46.1 Å².